The predicted molar refractivity (Wildman–Crippen MR) is 57.6 cm³/mol. The molecular weight excluding hydrogens is 584 g/mol. The van der Waals surface area contributed by atoms with Crippen LogP contribution in [-0.2, 0) is 19.5 Å². The molecule has 0 aliphatic carbocycles. The van der Waals surface area contributed by atoms with E-state index in [1.165, 1.54) is 0 Å². The van der Waals surface area contributed by atoms with E-state index in [0.717, 1.165) is 0 Å². The number of hydrogen-bond acceptors (Lipinski definition) is 15. The summed E-state index contributed by atoms with van der Waals surface area (Å²) in [7, 11) is 0. The van der Waals surface area contributed by atoms with Gasteiger partial charge in [-0.25, -0.2) is 0 Å². The zero-order valence-corrected chi connectivity index (χ0v) is 16.0. The fraction of sp³-hybridized carbons (Fsp3) is 0. The van der Waals surface area contributed by atoms with Crippen molar-refractivity contribution >= 4 is 26.2 Å². The van der Waals surface area contributed by atoms with E-state index >= 15 is 0 Å². The van der Waals surface area contributed by atoms with Crippen LogP contribution in [0.2, 0.25) is 0 Å². The van der Waals surface area contributed by atoms with Gasteiger partial charge in [-0.3, -0.25) is 0 Å². The monoisotopic (exact) mass is 583 g/mol. The molecular formula is BiN5O15Zn. The predicted octanol–water partition coefficient (Wildman–Crippen LogP) is -1.58. The van der Waals surface area contributed by atoms with Gasteiger partial charge in [0.25, 0.3) is 0 Å². The molecule has 0 aromatic heterocycles. The SMILES string of the molecule is O=[N+]([O-])[O-].O=[N+]([O-])[O-].O=[N+]([O-])[O-].O=[N+]([O-])[O-].O=[N+]([O-])[O-].[Bi+3].[Zn+2]. The molecule has 0 aliphatic heterocycles. The van der Waals surface area contributed by atoms with Crippen molar-refractivity contribution in [3.05, 3.63) is 76.6 Å². The molecule has 0 rings (SSSR count). The van der Waals surface area contributed by atoms with Crippen molar-refractivity contribution in [3.8, 4) is 0 Å². The Hall–Kier alpha value is -2.49. The van der Waals surface area contributed by atoms with Crippen molar-refractivity contribution < 1.29 is 44.9 Å². The third-order valence-electron chi connectivity index (χ3n) is 0. The summed E-state index contributed by atoms with van der Waals surface area (Å²) in [6.07, 6.45) is 0. The third-order valence-corrected chi connectivity index (χ3v) is 0. The van der Waals surface area contributed by atoms with Gasteiger partial charge in [-0.2, -0.15) is 0 Å². The summed E-state index contributed by atoms with van der Waals surface area (Å²) in [6.45, 7) is 0. The molecule has 0 aliphatic rings. The van der Waals surface area contributed by atoms with Gasteiger partial charge in [0.05, 0.1) is 25.4 Å². The molecule has 0 aromatic carbocycles. The maximum absolute atomic E-state index is 8.25. The van der Waals surface area contributed by atoms with Gasteiger partial charge in [-0.15, -0.1) is 0 Å². The Bertz CT molecular complexity index is 213. The second-order valence-electron chi connectivity index (χ2n) is 1.12. The maximum atomic E-state index is 8.25. The molecule has 0 bridgehead atoms. The average molecular weight is 584 g/mol. The molecule has 2 radical (unpaired) electrons. The van der Waals surface area contributed by atoms with E-state index in [4.69, 9.17) is 76.6 Å². The number of hydrogen-bond donors (Lipinski definition) is 0. The summed E-state index contributed by atoms with van der Waals surface area (Å²) in [6, 6.07) is 0. The van der Waals surface area contributed by atoms with Crippen LogP contribution in [0.15, 0.2) is 0 Å². The van der Waals surface area contributed by atoms with Gasteiger partial charge in [0.1, 0.15) is 0 Å². The van der Waals surface area contributed by atoms with Crippen LogP contribution in [0.4, 0.5) is 0 Å². The summed E-state index contributed by atoms with van der Waals surface area (Å²) in [4.78, 5) is 41.2. The van der Waals surface area contributed by atoms with Crippen molar-refractivity contribution in [2.75, 3.05) is 0 Å². The summed E-state index contributed by atoms with van der Waals surface area (Å²) >= 11 is 0. The van der Waals surface area contributed by atoms with Crippen LogP contribution in [0, 0.1) is 76.6 Å². The first kappa shape index (κ1) is 42.7. The molecule has 122 valence electrons. The van der Waals surface area contributed by atoms with Gasteiger partial charge in [-0.1, -0.05) is 0 Å². The number of rotatable bonds is 0. The molecule has 0 spiro atoms. The Balaban J connectivity index is -0.0000000250. The van der Waals surface area contributed by atoms with Crippen LogP contribution in [-0.4, -0.2) is 51.6 Å². The van der Waals surface area contributed by atoms with Crippen LogP contribution in [0.1, 0.15) is 0 Å². The quantitative estimate of drug-likeness (QED) is 0.176. The minimum atomic E-state index is -1.75. The van der Waals surface area contributed by atoms with E-state index in [9.17, 15) is 0 Å². The van der Waals surface area contributed by atoms with Gasteiger partial charge in [0.15, 0.2) is 0 Å². The van der Waals surface area contributed by atoms with E-state index in [1.807, 2.05) is 0 Å². The first-order chi connectivity index (χ1) is 8.66. The molecule has 0 aromatic rings. The Labute approximate surface area is 148 Å². The zero-order chi connectivity index (χ0) is 17.9. The first-order valence-corrected chi connectivity index (χ1v) is 2.74. The Morgan fingerprint density at radius 2 is 0.364 bits per heavy atom. The minimum Gasteiger partial charge on any atom is -0.356 e. The smallest absolute Gasteiger partial charge is 0.356 e. The average Bonchev–Trinajstić information content (AvgIpc) is 1.94. The van der Waals surface area contributed by atoms with Crippen LogP contribution >= 0.6 is 0 Å². The maximum Gasteiger partial charge on any atom is 3.00 e. The molecule has 0 fully saturated rings. The fourth-order valence-electron chi connectivity index (χ4n) is 0. The van der Waals surface area contributed by atoms with Crippen molar-refractivity contribution in [2.45, 2.75) is 0 Å². The van der Waals surface area contributed by atoms with Crippen molar-refractivity contribution in [2.24, 2.45) is 0 Å². The van der Waals surface area contributed by atoms with Gasteiger partial charge < -0.3 is 76.6 Å². The molecule has 22 heteroatoms. The third kappa shape index (κ3) is 767. The minimum absolute atomic E-state index is 0. The van der Waals surface area contributed by atoms with Gasteiger partial charge >= 0.3 is 45.7 Å². The van der Waals surface area contributed by atoms with Crippen molar-refractivity contribution in [1.29, 1.82) is 0 Å². The molecule has 0 saturated carbocycles. The molecule has 20 nitrogen and oxygen atoms in total. The normalized spacial score (nSPS) is 5.45. The van der Waals surface area contributed by atoms with E-state index < -0.39 is 25.4 Å². The van der Waals surface area contributed by atoms with E-state index in [1.54, 1.807) is 0 Å². The van der Waals surface area contributed by atoms with E-state index in [0.29, 0.717) is 0 Å². The van der Waals surface area contributed by atoms with Crippen LogP contribution in [0.25, 0.3) is 0 Å². The summed E-state index contributed by atoms with van der Waals surface area (Å²) in [5.41, 5.74) is 0. The summed E-state index contributed by atoms with van der Waals surface area (Å²) in [5, 5.41) is 73.8. The van der Waals surface area contributed by atoms with Gasteiger partial charge in [0.2, 0.25) is 0 Å². The van der Waals surface area contributed by atoms with E-state index in [2.05, 4.69) is 0 Å². The summed E-state index contributed by atoms with van der Waals surface area (Å²) < 4.78 is 0. The van der Waals surface area contributed by atoms with Crippen LogP contribution in [0.3, 0.4) is 0 Å². The standard InChI is InChI=1S/Bi.5NO3.Zn/c;5*2-1(3)4;/q+3;5*-1;+2. The molecule has 0 amide bonds. The second kappa shape index (κ2) is 36.3. The molecule has 0 atom stereocenters. The Morgan fingerprint density at radius 1 is 0.364 bits per heavy atom. The largest absolute Gasteiger partial charge is 3.00 e. The Morgan fingerprint density at radius 3 is 0.364 bits per heavy atom. The molecule has 0 heterocycles. The zero-order valence-electron chi connectivity index (χ0n) is 9.51. The first-order valence-electron chi connectivity index (χ1n) is 2.74. The molecule has 22 heavy (non-hydrogen) atoms. The topological polar surface area (TPSA) is 331 Å². The van der Waals surface area contributed by atoms with Crippen LogP contribution in [0.5, 0.6) is 0 Å². The fourth-order valence-corrected chi connectivity index (χ4v) is 0. The Kier molecular flexibility index (Phi) is 70.4. The van der Waals surface area contributed by atoms with Crippen molar-refractivity contribution in [1.82, 2.24) is 0 Å². The van der Waals surface area contributed by atoms with Crippen molar-refractivity contribution in [3.63, 3.8) is 0 Å². The van der Waals surface area contributed by atoms with Gasteiger partial charge in [-0.05, 0) is 0 Å². The number of nitrogens with zero attached hydrogens (tertiary/aromatic N) is 5. The van der Waals surface area contributed by atoms with Gasteiger partial charge in [0, 0.05) is 0 Å². The van der Waals surface area contributed by atoms with Crippen LogP contribution < -0.4 is 0 Å². The molecule has 0 unspecified atom stereocenters. The second-order valence-corrected chi connectivity index (χ2v) is 1.12. The summed E-state index contributed by atoms with van der Waals surface area (Å²) in [5.74, 6) is 0. The van der Waals surface area contributed by atoms with E-state index in [-0.39, 0.29) is 45.7 Å². The molecule has 0 N–H and O–H groups in total. The molecule has 0 saturated heterocycles.